The van der Waals surface area contributed by atoms with E-state index in [4.69, 9.17) is 0 Å². The largest absolute Gasteiger partial charge is 0.365 e. The highest BCUT2D eigenvalue weighted by Crippen LogP contribution is 2.29. The summed E-state index contributed by atoms with van der Waals surface area (Å²) in [5.74, 6) is 0. The maximum absolute atomic E-state index is 3.58. The van der Waals surface area contributed by atoms with Gasteiger partial charge in [-0.25, -0.2) is 0 Å². The summed E-state index contributed by atoms with van der Waals surface area (Å²) < 4.78 is 1.21. The molecule has 1 unspecified atom stereocenters. The van der Waals surface area contributed by atoms with E-state index < -0.39 is 0 Å². The van der Waals surface area contributed by atoms with Gasteiger partial charge in [0.1, 0.15) is 0 Å². The average molecular weight is 289 g/mol. The molecule has 0 spiro atoms. The van der Waals surface area contributed by atoms with Crippen molar-refractivity contribution in [2.45, 2.75) is 25.3 Å². The molecule has 1 aromatic rings. The number of nitrogens with one attached hydrogen (secondary N) is 1. The Labute approximate surface area is 104 Å². The number of piperidine rings is 1. The van der Waals surface area contributed by atoms with Gasteiger partial charge in [0.25, 0.3) is 0 Å². The summed E-state index contributed by atoms with van der Waals surface area (Å²) in [5, 5.41) is 4.92. The third-order valence-electron chi connectivity index (χ3n) is 2.84. The van der Waals surface area contributed by atoms with E-state index >= 15 is 0 Å². The van der Waals surface area contributed by atoms with E-state index in [9.17, 15) is 0 Å². The van der Waals surface area contributed by atoms with Crippen LogP contribution >= 0.6 is 27.3 Å². The summed E-state index contributed by atoms with van der Waals surface area (Å²) in [4.78, 5) is 2.35. The van der Waals surface area contributed by atoms with Crippen LogP contribution in [0.15, 0.2) is 15.9 Å². The van der Waals surface area contributed by atoms with Crippen LogP contribution in [-0.2, 0) is 0 Å². The smallest absolute Gasteiger partial charge is 0.0918 e. The third kappa shape index (κ3) is 3.20. The Kier molecular flexibility index (Phi) is 4.05. The minimum absolute atomic E-state index is 0.671. The van der Waals surface area contributed by atoms with E-state index in [2.05, 4.69) is 45.3 Å². The molecule has 1 saturated heterocycles. The van der Waals surface area contributed by atoms with Gasteiger partial charge in [0, 0.05) is 19.6 Å². The van der Waals surface area contributed by atoms with Crippen LogP contribution in [0.5, 0.6) is 0 Å². The predicted octanol–water partition coefficient (Wildman–Crippen LogP) is 3.09. The zero-order valence-electron chi connectivity index (χ0n) is 9.00. The summed E-state index contributed by atoms with van der Waals surface area (Å²) in [6.45, 7) is 2.31. The first-order valence-electron chi connectivity index (χ1n) is 5.45. The van der Waals surface area contributed by atoms with Crippen molar-refractivity contribution >= 4 is 32.3 Å². The van der Waals surface area contributed by atoms with Gasteiger partial charge >= 0.3 is 0 Å². The summed E-state index contributed by atoms with van der Waals surface area (Å²) in [6, 6.07) is 4.96. The number of hydrogen-bond acceptors (Lipinski definition) is 3. The normalized spacial score (nSPS) is 21.6. The molecule has 2 heterocycles. The maximum atomic E-state index is 3.58. The van der Waals surface area contributed by atoms with Gasteiger partial charge in [-0.3, -0.25) is 0 Å². The molecule has 1 aliphatic heterocycles. The van der Waals surface area contributed by atoms with Crippen molar-refractivity contribution < 1.29 is 0 Å². The molecule has 1 aromatic heterocycles. The zero-order valence-corrected chi connectivity index (χ0v) is 11.4. The van der Waals surface area contributed by atoms with Gasteiger partial charge in [0.15, 0.2) is 0 Å². The molecule has 1 atom stereocenters. The summed E-state index contributed by atoms with van der Waals surface area (Å²) in [6.07, 6.45) is 4.03. The molecule has 0 bridgehead atoms. The lowest BCUT2D eigenvalue weighted by molar-refractivity contribution is 0.404. The fraction of sp³-hybridized carbons (Fsp3) is 0.636. The van der Waals surface area contributed by atoms with E-state index in [0.29, 0.717) is 6.04 Å². The Balaban J connectivity index is 1.88. The Morgan fingerprint density at radius 1 is 1.53 bits per heavy atom. The lowest BCUT2D eigenvalue weighted by atomic mass is 10.0. The maximum Gasteiger partial charge on any atom is 0.0918 e. The summed E-state index contributed by atoms with van der Waals surface area (Å²) in [7, 11) is 2.18. The van der Waals surface area contributed by atoms with E-state index in [1.54, 1.807) is 11.3 Å². The Morgan fingerprint density at radius 2 is 2.40 bits per heavy atom. The lowest BCUT2D eigenvalue weighted by Crippen LogP contribution is -2.42. The van der Waals surface area contributed by atoms with Crippen molar-refractivity contribution in [3.8, 4) is 0 Å². The van der Waals surface area contributed by atoms with Crippen molar-refractivity contribution in [1.82, 2.24) is 5.32 Å². The number of rotatable bonds is 3. The first-order chi connectivity index (χ1) is 7.25. The van der Waals surface area contributed by atoms with E-state index in [0.717, 1.165) is 6.54 Å². The monoisotopic (exact) mass is 288 g/mol. The third-order valence-corrected chi connectivity index (χ3v) is 4.58. The van der Waals surface area contributed by atoms with Crippen LogP contribution in [0, 0.1) is 0 Å². The Bertz CT molecular complexity index is 307. The molecule has 0 saturated carbocycles. The van der Waals surface area contributed by atoms with Gasteiger partial charge in [-0.15, -0.1) is 11.3 Å². The Morgan fingerprint density at radius 3 is 3.00 bits per heavy atom. The molecule has 84 valence electrons. The fourth-order valence-corrected chi connectivity index (χ4v) is 3.34. The highest BCUT2D eigenvalue weighted by molar-refractivity contribution is 9.11. The predicted molar refractivity (Wildman–Crippen MR) is 70.9 cm³/mol. The summed E-state index contributed by atoms with van der Waals surface area (Å²) >= 11 is 5.30. The van der Waals surface area contributed by atoms with Crippen molar-refractivity contribution in [1.29, 1.82) is 0 Å². The second-order valence-electron chi connectivity index (χ2n) is 4.11. The highest BCUT2D eigenvalue weighted by Gasteiger charge is 2.15. The molecule has 15 heavy (non-hydrogen) atoms. The van der Waals surface area contributed by atoms with Crippen LogP contribution in [0.25, 0.3) is 0 Å². The quantitative estimate of drug-likeness (QED) is 0.920. The van der Waals surface area contributed by atoms with Gasteiger partial charge in [0.2, 0.25) is 0 Å². The molecule has 1 N–H and O–H groups in total. The number of thiophene rings is 1. The first kappa shape index (κ1) is 11.4. The second-order valence-corrected chi connectivity index (χ2v) is 6.55. The van der Waals surface area contributed by atoms with E-state index in [-0.39, 0.29) is 0 Å². The standard InChI is InChI=1S/C11H17BrN2S/c1-14(11-6-5-10(12)15-11)8-9-4-2-3-7-13-9/h5-6,9,13H,2-4,7-8H2,1H3. The van der Waals surface area contributed by atoms with Crippen LogP contribution in [-0.4, -0.2) is 26.2 Å². The molecule has 0 aromatic carbocycles. The Hall–Kier alpha value is -0.0600. The number of likely N-dealkylation sites (N-methyl/N-ethyl adjacent to an activating group) is 1. The van der Waals surface area contributed by atoms with Gasteiger partial charge in [-0.2, -0.15) is 0 Å². The van der Waals surface area contributed by atoms with Crippen LogP contribution in [0.2, 0.25) is 0 Å². The van der Waals surface area contributed by atoms with Crippen molar-refractivity contribution in [2.75, 3.05) is 25.0 Å². The first-order valence-corrected chi connectivity index (χ1v) is 7.06. The molecule has 0 amide bonds. The van der Waals surface area contributed by atoms with Gasteiger partial charge < -0.3 is 10.2 Å². The highest BCUT2D eigenvalue weighted by atomic mass is 79.9. The van der Waals surface area contributed by atoms with Gasteiger partial charge in [-0.1, -0.05) is 6.42 Å². The van der Waals surface area contributed by atoms with E-state index in [1.165, 1.54) is 34.6 Å². The van der Waals surface area contributed by atoms with Crippen LogP contribution in [0.3, 0.4) is 0 Å². The number of hydrogen-bond donors (Lipinski definition) is 1. The topological polar surface area (TPSA) is 15.3 Å². The van der Waals surface area contributed by atoms with Gasteiger partial charge in [-0.05, 0) is 47.4 Å². The lowest BCUT2D eigenvalue weighted by Gasteiger charge is -2.28. The molecular formula is C11H17BrN2S. The molecule has 2 rings (SSSR count). The second kappa shape index (κ2) is 5.32. The minimum atomic E-state index is 0.671. The fourth-order valence-electron chi connectivity index (χ4n) is 2.01. The molecule has 0 aliphatic carbocycles. The van der Waals surface area contributed by atoms with Crippen LogP contribution in [0.1, 0.15) is 19.3 Å². The van der Waals surface area contributed by atoms with Gasteiger partial charge in [0.05, 0.1) is 8.79 Å². The zero-order chi connectivity index (χ0) is 10.7. The number of nitrogens with zero attached hydrogens (tertiary/aromatic N) is 1. The van der Waals surface area contributed by atoms with Crippen LogP contribution in [0.4, 0.5) is 5.00 Å². The molecular weight excluding hydrogens is 272 g/mol. The SMILES string of the molecule is CN(CC1CCCCN1)c1ccc(Br)s1. The molecule has 2 nitrogen and oxygen atoms in total. The molecule has 4 heteroatoms. The van der Waals surface area contributed by atoms with Crippen molar-refractivity contribution in [3.63, 3.8) is 0 Å². The number of halogens is 1. The molecule has 1 aliphatic rings. The number of anilines is 1. The minimum Gasteiger partial charge on any atom is -0.365 e. The van der Waals surface area contributed by atoms with Crippen LogP contribution < -0.4 is 10.2 Å². The molecule has 0 radical (unpaired) electrons. The molecule has 1 fully saturated rings. The van der Waals surface area contributed by atoms with Crippen molar-refractivity contribution in [3.05, 3.63) is 15.9 Å². The van der Waals surface area contributed by atoms with Crippen molar-refractivity contribution in [2.24, 2.45) is 0 Å². The summed E-state index contributed by atoms with van der Waals surface area (Å²) in [5.41, 5.74) is 0. The average Bonchev–Trinajstić information content (AvgIpc) is 2.66. The van der Waals surface area contributed by atoms with E-state index in [1.807, 2.05) is 0 Å².